The number of aromatic nitrogens is 2. The van der Waals surface area contributed by atoms with Crippen LogP contribution >= 0.6 is 0 Å². The van der Waals surface area contributed by atoms with E-state index < -0.39 is 0 Å². The third kappa shape index (κ3) is 1.60. The molecule has 1 aliphatic rings. The van der Waals surface area contributed by atoms with Crippen LogP contribution in [0.5, 0.6) is 0 Å². The van der Waals surface area contributed by atoms with Crippen molar-refractivity contribution in [1.29, 1.82) is 0 Å². The Labute approximate surface area is 70.9 Å². The van der Waals surface area contributed by atoms with E-state index in [1.165, 1.54) is 0 Å². The van der Waals surface area contributed by atoms with Gasteiger partial charge in [0.15, 0.2) is 0 Å². The number of β-amino-alcohol motifs (C(OH)–C–C–N with tert-alkyl or cyclic N) is 1. The normalized spacial score (nSPS) is 19.1. The number of hydrogen-bond acceptors (Lipinski definition) is 4. The predicted molar refractivity (Wildman–Crippen MR) is 43.3 cm³/mol. The van der Waals surface area contributed by atoms with Crippen LogP contribution in [0.2, 0.25) is 0 Å². The molecule has 0 atom stereocenters. The largest absolute Gasteiger partial charge is 0.390 e. The highest BCUT2D eigenvalue weighted by molar-refractivity contribution is 4.91. The Kier molecular flexibility index (Phi) is 2.01. The molecule has 0 saturated carbocycles. The molecule has 0 bridgehead atoms. The fraction of sp³-hybridized carbons (Fsp3) is 0.500. The van der Waals surface area contributed by atoms with Crippen molar-refractivity contribution < 1.29 is 5.11 Å². The summed E-state index contributed by atoms with van der Waals surface area (Å²) >= 11 is 0. The maximum atomic E-state index is 9.01. The molecule has 1 aliphatic heterocycles. The number of likely N-dealkylation sites (tertiary alicyclic amines) is 1. The minimum Gasteiger partial charge on any atom is -0.390 e. The van der Waals surface area contributed by atoms with Gasteiger partial charge in [-0.05, 0) is 6.07 Å². The van der Waals surface area contributed by atoms with Crippen molar-refractivity contribution in [3.8, 4) is 0 Å². The zero-order chi connectivity index (χ0) is 8.39. The van der Waals surface area contributed by atoms with Gasteiger partial charge in [-0.1, -0.05) is 0 Å². The summed E-state index contributed by atoms with van der Waals surface area (Å²) in [5, 5.41) is 9.01. The lowest BCUT2D eigenvalue weighted by molar-refractivity contribution is -0.00428. The van der Waals surface area contributed by atoms with Crippen LogP contribution in [0.15, 0.2) is 18.5 Å². The molecule has 0 radical (unpaired) electrons. The Balaban J connectivity index is 1.88. The van der Waals surface area contributed by atoms with Crippen molar-refractivity contribution in [2.24, 2.45) is 0 Å². The standard InChI is InChI=1S/C8H11N3O/c12-7-4-11(5-7)6-8-9-2-1-3-10-8/h1-3,7,12H,4-6H2. The highest BCUT2D eigenvalue weighted by Gasteiger charge is 2.24. The topological polar surface area (TPSA) is 49.2 Å². The Morgan fingerprint density at radius 1 is 1.42 bits per heavy atom. The lowest BCUT2D eigenvalue weighted by Gasteiger charge is -2.34. The van der Waals surface area contributed by atoms with Crippen LogP contribution in [0.25, 0.3) is 0 Å². The summed E-state index contributed by atoms with van der Waals surface area (Å²) < 4.78 is 0. The third-order valence-corrected chi connectivity index (χ3v) is 1.92. The molecule has 0 aliphatic carbocycles. The summed E-state index contributed by atoms with van der Waals surface area (Å²) in [6.45, 7) is 2.24. The molecule has 0 unspecified atom stereocenters. The van der Waals surface area contributed by atoms with Gasteiger partial charge in [0.25, 0.3) is 0 Å². The molecule has 0 amide bonds. The van der Waals surface area contributed by atoms with Gasteiger partial charge in [-0.3, -0.25) is 4.90 Å². The van der Waals surface area contributed by atoms with E-state index in [1.54, 1.807) is 18.5 Å². The van der Waals surface area contributed by atoms with Gasteiger partial charge < -0.3 is 5.11 Å². The van der Waals surface area contributed by atoms with E-state index >= 15 is 0 Å². The first-order valence-electron chi connectivity index (χ1n) is 4.01. The molecule has 1 aromatic rings. The van der Waals surface area contributed by atoms with E-state index in [2.05, 4.69) is 14.9 Å². The summed E-state index contributed by atoms with van der Waals surface area (Å²) in [4.78, 5) is 10.3. The van der Waals surface area contributed by atoms with Gasteiger partial charge in [0.2, 0.25) is 0 Å². The van der Waals surface area contributed by atoms with Crippen molar-refractivity contribution in [1.82, 2.24) is 14.9 Å². The van der Waals surface area contributed by atoms with E-state index in [9.17, 15) is 0 Å². The summed E-state index contributed by atoms with van der Waals surface area (Å²) in [5.74, 6) is 0.824. The molecular weight excluding hydrogens is 154 g/mol. The number of rotatable bonds is 2. The van der Waals surface area contributed by atoms with E-state index in [0.717, 1.165) is 25.5 Å². The Morgan fingerprint density at radius 2 is 2.08 bits per heavy atom. The molecule has 1 saturated heterocycles. The van der Waals surface area contributed by atoms with E-state index in [-0.39, 0.29) is 6.10 Å². The second-order valence-electron chi connectivity index (χ2n) is 3.01. The van der Waals surface area contributed by atoms with E-state index in [1.807, 2.05) is 0 Å². The average Bonchev–Trinajstić information content (AvgIpc) is 2.04. The summed E-state index contributed by atoms with van der Waals surface area (Å²) in [7, 11) is 0. The molecular formula is C8H11N3O. The SMILES string of the molecule is OC1CN(Cc2ncccn2)C1. The van der Waals surface area contributed by atoms with Crippen molar-refractivity contribution in [3.63, 3.8) is 0 Å². The Morgan fingerprint density at radius 3 is 2.67 bits per heavy atom. The summed E-state index contributed by atoms with van der Waals surface area (Å²) in [6.07, 6.45) is 3.32. The van der Waals surface area contributed by atoms with Gasteiger partial charge in [0, 0.05) is 25.5 Å². The molecule has 4 heteroatoms. The van der Waals surface area contributed by atoms with Crippen LogP contribution in [0.4, 0.5) is 0 Å². The quantitative estimate of drug-likeness (QED) is 0.651. The number of aliphatic hydroxyl groups excluding tert-OH is 1. The molecule has 64 valence electrons. The number of nitrogens with zero attached hydrogens (tertiary/aromatic N) is 3. The van der Waals surface area contributed by atoms with Crippen LogP contribution in [0.3, 0.4) is 0 Å². The summed E-state index contributed by atoms with van der Waals surface area (Å²) in [6, 6.07) is 1.80. The second-order valence-corrected chi connectivity index (χ2v) is 3.01. The zero-order valence-electron chi connectivity index (χ0n) is 6.72. The van der Waals surface area contributed by atoms with E-state index in [4.69, 9.17) is 5.11 Å². The van der Waals surface area contributed by atoms with Crippen LogP contribution in [-0.2, 0) is 6.54 Å². The fourth-order valence-corrected chi connectivity index (χ4v) is 1.28. The van der Waals surface area contributed by atoms with Gasteiger partial charge in [-0.25, -0.2) is 9.97 Å². The highest BCUT2D eigenvalue weighted by Crippen LogP contribution is 2.09. The molecule has 12 heavy (non-hydrogen) atoms. The first kappa shape index (κ1) is 7.64. The van der Waals surface area contributed by atoms with Gasteiger partial charge in [-0.15, -0.1) is 0 Å². The number of aliphatic hydroxyl groups is 1. The second kappa shape index (κ2) is 3.16. The monoisotopic (exact) mass is 165 g/mol. The molecule has 4 nitrogen and oxygen atoms in total. The van der Waals surface area contributed by atoms with E-state index in [0.29, 0.717) is 0 Å². The predicted octanol–water partition coefficient (Wildman–Crippen LogP) is -0.347. The number of hydrogen-bond donors (Lipinski definition) is 1. The van der Waals surface area contributed by atoms with Crippen molar-refractivity contribution >= 4 is 0 Å². The maximum Gasteiger partial charge on any atom is 0.142 e. The molecule has 0 spiro atoms. The van der Waals surface area contributed by atoms with Crippen molar-refractivity contribution in [3.05, 3.63) is 24.3 Å². The van der Waals surface area contributed by atoms with Gasteiger partial charge in [0.05, 0.1) is 12.6 Å². The zero-order valence-corrected chi connectivity index (χ0v) is 6.72. The van der Waals surface area contributed by atoms with Gasteiger partial charge in [-0.2, -0.15) is 0 Å². The van der Waals surface area contributed by atoms with Gasteiger partial charge >= 0.3 is 0 Å². The first-order chi connectivity index (χ1) is 5.84. The molecule has 1 aromatic heterocycles. The Hall–Kier alpha value is -1.00. The minimum atomic E-state index is -0.145. The first-order valence-corrected chi connectivity index (χ1v) is 4.01. The van der Waals surface area contributed by atoms with Gasteiger partial charge in [0.1, 0.15) is 5.82 Å². The van der Waals surface area contributed by atoms with Crippen LogP contribution in [0.1, 0.15) is 5.82 Å². The highest BCUT2D eigenvalue weighted by atomic mass is 16.3. The van der Waals surface area contributed by atoms with Crippen molar-refractivity contribution in [2.75, 3.05) is 13.1 Å². The minimum absolute atomic E-state index is 0.145. The molecule has 1 fully saturated rings. The average molecular weight is 165 g/mol. The molecule has 1 N–H and O–H groups in total. The van der Waals surface area contributed by atoms with Crippen molar-refractivity contribution in [2.45, 2.75) is 12.6 Å². The molecule has 2 heterocycles. The summed E-state index contributed by atoms with van der Waals surface area (Å²) in [5.41, 5.74) is 0. The van der Waals surface area contributed by atoms with Crippen LogP contribution in [0, 0.1) is 0 Å². The van der Waals surface area contributed by atoms with Crippen LogP contribution < -0.4 is 0 Å². The molecule has 2 rings (SSSR count). The smallest absolute Gasteiger partial charge is 0.142 e. The lowest BCUT2D eigenvalue weighted by Crippen LogP contribution is -2.50. The van der Waals surface area contributed by atoms with Crippen LogP contribution in [-0.4, -0.2) is 39.2 Å². The lowest BCUT2D eigenvalue weighted by atomic mass is 10.2. The fourth-order valence-electron chi connectivity index (χ4n) is 1.28. The molecule has 0 aromatic carbocycles. The maximum absolute atomic E-state index is 9.01. The Bertz CT molecular complexity index is 246. The third-order valence-electron chi connectivity index (χ3n) is 1.92.